The van der Waals surface area contributed by atoms with Gasteiger partial charge in [-0.1, -0.05) is 12.1 Å². The molecule has 1 fully saturated rings. The van der Waals surface area contributed by atoms with Crippen LogP contribution in [0.5, 0.6) is 11.5 Å². The second kappa shape index (κ2) is 8.41. The Morgan fingerprint density at radius 2 is 1.79 bits per heavy atom. The van der Waals surface area contributed by atoms with Crippen LogP contribution in [0, 0.1) is 11.6 Å². The first-order valence-electron chi connectivity index (χ1n) is 8.22. The summed E-state index contributed by atoms with van der Waals surface area (Å²) in [5.41, 5.74) is 5.66. The van der Waals surface area contributed by atoms with Gasteiger partial charge in [0.1, 0.15) is 29.2 Å². The van der Waals surface area contributed by atoms with Gasteiger partial charge in [-0.05, 0) is 42.0 Å². The van der Waals surface area contributed by atoms with Gasteiger partial charge in [0, 0.05) is 17.7 Å². The van der Waals surface area contributed by atoms with Crippen LogP contribution in [0.1, 0.15) is 11.1 Å². The van der Waals surface area contributed by atoms with Crippen LogP contribution in [0.2, 0.25) is 0 Å². The molecule has 0 bridgehead atoms. The molecule has 3 rings (SSSR count). The number of carbonyl (C=O) groups is 3. The average molecular weight is 420 g/mol. The highest BCUT2D eigenvalue weighted by Crippen LogP contribution is 2.30. The van der Waals surface area contributed by atoms with Gasteiger partial charge in [0.05, 0.1) is 4.91 Å². The molecule has 0 aliphatic carbocycles. The zero-order chi connectivity index (χ0) is 21.1. The smallest absolute Gasteiger partial charge is 0.320 e. The molecular weight excluding hydrogens is 406 g/mol. The van der Waals surface area contributed by atoms with Crippen molar-refractivity contribution in [3.63, 3.8) is 0 Å². The Labute approximate surface area is 167 Å². The van der Waals surface area contributed by atoms with Crippen molar-refractivity contribution in [3.8, 4) is 11.5 Å². The van der Waals surface area contributed by atoms with Crippen molar-refractivity contribution < 1.29 is 33.0 Å². The Kier molecular flexibility index (Phi) is 5.95. The minimum atomic E-state index is -1.12. The van der Waals surface area contributed by atoms with Crippen LogP contribution in [0.25, 0.3) is 6.08 Å². The maximum Gasteiger partial charge on any atom is 0.320 e. The van der Waals surface area contributed by atoms with E-state index in [0.717, 1.165) is 18.2 Å². The van der Waals surface area contributed by atoms with Crippen molar-refractivity contribution in [2.75, 3.05) is 0 Å². The predicted octanol–water partition coefficient (Wildman–Crippen LogP) is 3.04. The lowest BCUT2D eigenvalue weighted by Crippen LogP contribution is -2.32. The molecule has 4 N–H and O–H groups in total. The average Bonchev–Trinajstić information content (AvgIpc) is 2.97. The second-order valence-electron chi connectivity index (χ2n) is 6.05. The van der Waals surface area contributed by atoms with Gasteiger partial charge in [-0.15, -0.1) is 0 Å². The molecule has 1 aliphatic heterocycles. The number of amides is 2. The number of thioether (sulfide) groups is 1. The van der Waals surface area contributed by atoms with Gasteiger partial charge >= 0.3 is 5.97 Å². The fraction of sp³-hybridized carbons (Fsp3) is 0.105. The lowest BCUT2D eigenvalue weighted by Gasteiger charge is -2.10. The van der Waals surface area contributed by atoms with Gasteiger partial charge in [0.15, 0.2) is 0 Å². The summed E-state index contributed by atoms with van der Waals surface area (Å²) in [6.45, 7) is 0. The van der Waals surface area contributed by atoms with Crippen LogP contribution in [-0.2, 0) is 16.0 Å². The highest BCUT2D eigenvalue weighted by molar-refractivity contribution is 8.18. The highest BCUT2D eigenvalue weighted by atomic mass is 32.2. The van der Waals surface area contributed by atoms with Gasteiger partial charge in [-0.25, -0.2) is 8.78 Å². The summed E-state index contributed by atoms with van der Waals surface area (Å²) in [6.07, 6.45) is 1.08. The van der Waals surface area contributed by atoms with E-state index in [1.807, 2.05) is 5.32 Å². The number of hydrogen-bond acceptors (Lipinski definition) is 6. The van der Waals surface area contributed by atoms with Gasteiger partial charge in [0.2, 0.25) is 0 Å². The first-order chi connectivity index (χ1) is 13.7. The number of rotatable bonds is 6. The molecule has 0 radical (unpaired) electrons. The summed E-state index contributed by atoms with van der Waals surface area (Å²) in [7, 11) is 0. The molecule has 2 aromatic carbocycles. The summed E-state index contributed by atoms with van der Waals surface area (Å²) >= 11 is 0.551. The molecule has 2 amide bonds. The first kappa shape index (κ1) is 20.5. The van der Waals surface area contributed by atoms with E-state index < -0.39 is 40.4 Å². The van der Waals surface area contributed by atoms with E-state index in [1.54, 1.807) is 12.1 Å². The molecule has 0 saturated carbocycles. The molecule has 1 atom stereocenters. The number of benzene rings is 2. The van der Waals surface area contributed by atoms with Gasteiger partial charge in [-0.2, -0.15) is 0 Å². The van der Waals surface area contributed by atoms with Crippen molar-refractivity contribution in [1.29, 1.82) is 0 Å². The maximum atomic E-state index is 14.3. The molecule has 0 aromatic heterocycles. The van der Waals surface area contributed by atoms with Crippen LogP contribution < -0.4 is 15.8 Å². The van der Waals surface area contributed by atoms with E-state index in [0.29, 0.717) is 17.3 Å². The molecule has 7 nitrogen and oxygen atoms in total. The lowest BCUT2D eigenvalue weighted by molar-refractivity contribution is -0.138. The minimum Gasteiger partial charge on any atom is -0.480 e. The van der Waals surface area contributed by atoms with Crippen molar-refractivity contribution in [2.24, 2.45) is 5.73 Å². The monoisotopic (exact) mass is 420 g/mol. The number of nitrogens with one attached hydrogen (secondary N) is 1. The number of imide groups is 1. The Morgan fingerprint density at radius 3 is 2.31 bits per heavy atom. The molecule has 1 unspecified atom stereocenters. The van der Waals surface area contributed by atoms with Gasteiger partial charge in [0.25, 0.3) is 11.1 Å². The van der Waals surface area contributed by atoms with E-state index in [4.69, 9.17) is 15.6 Å². The Hall–Kier alpha value is -3.24. The third-order valence-electron chi connectivity index (χ3n) is 3.90. The van der Waals surface area contributed by atoms with Gasteiger partial charge < -0.3 is 15.6 Å². The summed E-state index contributed by atoms with van der Waals surface area (Å²) in [5.74, 6) is -3.62. The normalized spacial score (nSPS) is 16.0. The number of carboxylic acid groups (broad SMARTS) is 1. The maximum absolute atomic E-state index is 14.3. The number of hydrogen-bond donors (Lipinski definition) is 3. The van der Waals surface area contributed by atoms with Crippen LogP contribution in [-0.4, -0.2) is 28.3 Å². The number of nitrogens with two attached hydrogens (primary N) is 1. The Bertz CT molecular complexity index is 1000. The van der Waals surface area contributed by atoms with Crippen molar-refractivity contribution in [2.45, 2.75) is 12.5 Å². The minimum absolute atomic E-state index is 0.114. The standard InChI is InChI=1S/C19H14F2N2O5S/c20-13-6-11(7-14(21)12(13)8-16-17(24)23-19(27)29-16)28-10-3-1-9(2-4-10)5-15(22)18(25)26/h1-4,6-8,15H,5,22H2,(H,25,26)(H,23,24,27)/b16-8+. The molecule has 2 aromatic rings. The molecule has 150 valence electrons. The van der Waals surface area contributed by atoms with E-state index in [2.05, 4.69) is 0 Å². The van der Waals surface area contributed by atoms with Crippen molar-refractivity contribution >= 4 is 35.0 Å². The SMILES string of the molecule is NC(Cc1ccc(Oc2cc(F)c(/C=C3/SC(=O)NC3=O)c(F)c2)cc1)C(=O)O. The van der Waals surface area contributed by atoms with Crippen LogP contribution in [0.3, 0.4) is 0 Å². The molecule has 1 saturated heterocycles. The fourth-order valence-corrected chi connectivity index (χ4v) is 3.14. The van der Waals surface area contributed by atoms with Crippen molar-refractivity contribution in [1.82, 2.24) is 5.32 Å². The largest absolute Gasteiger partial charge is 0.480 e. The predicted molar refractivity (Wildman–Crippen MR) is 101 cm³/mol. The van der Waals surface area contributed by atoms with E-state index in [9.17, 15) is 23.2 Å². The van der Waals surface area contributed by atoms with E-state index >= 15 is 0 Å². The number of carbonyl (C=O) groups excluding carboxylic acids is 2. The molecule has 0 spiro atoms. The zero-order valence-electron chi connectivity index (χ0n) is 14.6. The zero-order valence-corrected chi connectivity index (χ0v) is 15.5. The lowest BCUT2D eigenvalue weighted by atomic mass is 10.1. The van der Waals surface area contributed by atoms with Crippen LogP contribution >= 0.6 is 11.8 Å². The van der Waals surface area contributed by atoms with Gasteiger partial charge in [-0.3, -0.25) is 19.7 Å². The molecule has 29 heavy (non-hydrogen) atoms. The van der Waals surface area contributed by atoms with Crippen molar-refractivity contribution in [3.05, 3.63) is 64.1 Å². The van der Waals surface area contributed by atoms with E-state index in [1.165, 1.54) is 12.1 Å². The second-order valence-corrected chi connectivity index (χ2v) is 7.06. The molecule has 1 heterocycles. The van der Waals surface area contributed by atoms with Crippen LogP contribution in [0.4, 0.5) is 13.6 Å². The topological polar surface area (TPSA) is 119 Å². The quantitative estimate of drug-likeness (QED) is 0.615. The summed E-state index contributed by atoms with van der Waals surface area (Å²) in [4.78, 5) is 33.3. The number of halogens is 2. The highest BCUT2D eigenvalue weighted by Gasteiger charge is 2.26. The van der Waals surface area contributed by atoms with Crippen LogP contribution in [0.15, 0.2) is 41.3 Å². The third-order valence-corrected chi connectivity index (χ3v) is 4.71. The first-order valence-corrected chi connectivity index (χ1v) is 9.03. The Morgan fingerprint density at radius 1 is 1.17 bits per heavy atom. The van der Waals surface area contributed by atoms with E-state index in [-0.39, 0.29) is 22.8 Å². The molecular formula is C19H14F2N2O5S. The number of carboxylic acids is 1. The summed E-state index contributed by atoms with van der Waals surface area (Å²) < 4.78 is 34.1. The Balaban J connectivity index is 1.76. The third kappa shape index (κ3) is 4.98. The summed E-state index contributed by atoms with van der Waals surface area (Å²) in [5, 5.41) is 10.2. The molecule has 1 aliphatic rings. The number of ether oxygens (including phenoxy) is 1. The summed E-state index contributed by atoms with van der Waals surface area (Å²) in [6, 6.07) is 7.07. The number of aliphatic carboxylic acids is 1. The fourth-order valence-electron chi connectivity index (χ4n) is 2.48. The molecule has 10 heteroatoms.